The second kappa shape index (κ2) is 7.32. The number of hydrogen-bond donors (Lipinski definition) is 1. The standard InChI is InChI=1S/C18H18Cl2N2O2/c1-24-17-13(19)10-12(11-14(17)20)18(23)21-15-6-2-3-7-16(15)22-8-4-5-9-22/h2-3,6-7,10-11H,4-5,8-9H2,1H3,(H,21,23). The average molecular weight is 365 g/mol. The van der Waals surface area contributed by atoms with Crippen molar-refractivity contribution in [3.63, 3.8) is 0 Å². The Bertz CT molecular complexity index is 735. The van der Waals surface area contributed by atoms with Crippen LogP contribution in [-0.2, 0) is 0 Å². The minimum atomic E-state index is -0.256. The van der Waals surface area contributed by atoms with Crippen LogP contribution in [0, 0.1) is 0 Å². The molecular weight excluding hydrogens is 347 g/mol. The number of nitrogens with one attached hydrogen (secondary N) is 1. The Morgan fingerprint density at radius 1 is 1.12 bits per heavy atom. The number of amides is 1. The van der Waals surface area contributed by atoms with Gasteiger partial charge in [-0.15, -0.1) is 0 Å². The summed E-state index contributed by atoms with van der Waals surface area (Å²) in [5.74, 6) is 0.112. The molecule has 0 unspecified atom stereocenters. The van der Waals surface area contributed by atoms with E-state index in [1.165, 1.54) is 20.0 Å². The number of nitrogens with zero attached hydrogens (tertiary/aromatic N) is 1. The summed E-state index contributed by atoms with van der Waals surface area (Å²) in [6.07, 6.45) is 2.35. The molecule has 126 valence electrons. The van der Waals surface area contributed by atoms with Gasteiger partial charge in [0.1, 0.15) is 0 Å². The van der Waals surface area contributed by atoms with Gasteiger partial charge < -0.3 is 15.0 Å². The SMILES string of the molecule is COc1c(Cl)cc(C(=O)Nc2ccccc2N2CCCC2)cc1Cl. The van der Waals surface area contributed by atoms with E-state index in [0.717, 1.165) is 24.5 Å². The van der Waals surface area contributed by atoms with Gasteiger partial charge in [0.15, 0.2) is 5.75 Å². The molecule has 1 amide bonds. The molecule has 2 aromatic rings. The molecule has 0 atom stereocenters. The quantitative estimate of drug-likeness (QED) is 0.842. The maximum absolute atomic E-state index is 12.6. The molecule has 1 aliphatic rings. The molecule has 0 aliphatic carbocycles. The second-order valence-corrected chi connectivity index (χ2v) is 6.45. The Morgan fingerprint density at radius 2 is 1.75 bits per heavy atom. The highest BCUT2D eigenvalue weighted by molar-refractivity contribution is 6.37. The first-order chi connectivity index (χ1) is 11.6. The van der Waals surface area contributed by atoms with Crippen molar-refractivity contribution in [2.75, 3.05) is 30.4 Å². The molecule has 4 nitrogen and oxygen atoms in total. The fourth-order valence-corrected chi connectivity index (χ4v) is 3.53. The van der Waals surface area contributed by atoms with Crippen LogP contribution in [-0.4, -0.2) is 26.1 Å². The first-order valence-corrected chi connectivity index (χ1v) is 8.54. The van der Waals surface area contributed by atoms with Gasteiger partial charge >= 0.3 is 0 Å². The highest BCUT2D eigenvalue weighted by atomic mass is 35.5. The van der Waals surface area contributed by atoms with Crippen LogP contribution >= 0.6 is 23.2 Å². The predicted octanol–water partition coefficient (Wildman–Crippen LogP) is 4.85. The summed E-state index contributed by atoms with van der Waals surface area (Å²) in [4.78, 5) is 14.9. The van der Waals surface area contributed by atoms with Crippen LogP contribution in [0.2, 0.25) is 10.0 Å². The van der Waals surface area contributed by atoms with E-state index in [1.54, 1.807) is 12.1 Å². The summed E-state index contributed by atoms with van der Waals surface area (Å²) in [6.45, 7) is 2.01. The van der Waals surface area contributed by atoms with Gasteiger partial charge in [-0.3, -0.25) is 4.79 Å². The lowest BCUT2D eigenvalue weighted by molar-refractivity contribution is 0.102. The van der Waals surface area contributed by atoms with Crippen molar-refractivity contribution in [2.24, 2.45) is 0 Å². The van der Waals surface area contributed by atoms with Gasteiger partial charge in [0.25, 0.3) is 5.91 Å². The van der Waals surface area contributed by atoms with Gasteiger partial charge in [0.2, 0.25) is 0 Å². The molecule has 1 aliphatic heterocycles. The summed E-state index contributed by atoms with van der Waals surface area (Å²) in [5, 5.41) is 3.57. The molecule has 1 fully saturated rings. The van der Waals surface area contributed by atoms with E-state index >= 15 is 0 Å². The first kappa shape index (κ1) is 16.9. The smallest absolute Gasteiger partial charge is 0.255 e. The van der Waals surface area contributed by atoms with E-state index in [9.17, 15) is 4.79 Å². The molecule has 1 heterocycles. The zero-order chi connectivity index (χ0) is 17.1. The van der Waals surface area contributed by atoms with Crippen LogP contribution in [0.4, 0.5) is 11.4 Å². The van der Waals surface area contributed by atoms with Crippen molar-refractivity contribution in [1.82, 2.24) is 0 Å². The summed E-state index contributed by atoms with van der Waals surface area (Å²) >= 11 is 12.2. The Kier molecular flexibility index (Phi) is 5.17. The first-order valence-electron chi connectivity index (χ1n) is 7.78. The van der Waals surface area contributed by atoms with Crippen molar-refractivity contribution in [2.45, 2.75) is 12.8 Å². The van der Waals surface area contributed by atoms with Gasteiger partial charge in [-0.2, -0.15) is 0 Å². The highest BCUT2D eigenvalue weighted by Gasteiger charge is 2.18. The lowest BCUT2D eigenvalue weighted by Crippen LogP contribution is -2.21. The van der Waals surface area contributed by atoms with Crippen LogP contribution in [0.5, 0.6) is 5.75 Å². The van der Waals surface area contributed by atoms with Crippen LogP contribution in [0.15, 0.2) is 36.4 Å². The van der Waals surface area contributed by atoms with Gasteiger partial charge in [0.05, 0.1) is 28.5 Å². The number of carbonyl (C=O) groups is 1. The van der Waals surface area contributed by atoms with Crippen molar-refractivity contribution in [3.05, 3.63) is 52.0 Å². The number of methoxy groups -OCH3 is 1. The molecular formula is C18H18Cl2N2O2. The topological polar surface area (TPSA) is 41.6 Å². The number of anilines is 2. The normalized spacial score (nSPS) is 13.9. The van der Waals surface area contributed by atoms with Gasteiger partial charge in [0, 0.05) is 18.7 Å². The van der Waals surface area contributed by atoms with Gasteiger partial charge in [-0.25, -0.2) is 0 Å². The maximum atomic E-state index is 12.6. The monoisotopic (exact) mass is 364 g/mol. The number of hydrogen-bond acceptors (Lipinski definition) is 3. The van der Waals surface area contributed by atoms with E-state index in [2.05, 4.69) is 10.2 Å². The summed E-state index contributed by atoms with van der Waals surface area (Å²) in [7, 11) is 1.49. The Hall–Kier alpha value is -1.91. The number of carbonyl (C=O) groups excluding carboxylic acids is 1. The van der Waals surface area contributed by atoms with Crippen LogP contribution in [0.3, 0.4) is 0 Å². The van der Waals surface area contributed by atoms with E-state index < -0.39 is 0 Å². The molecule has 3 rings (SSSR count). The molecule has 0 radical (unpaired) electrons. The fraction of sp³-hybridized carbons (Fsp3) is 0.278. The minimum absolute atomic E-state index is 0.256. The van der Waals surface area contributed by atoms with Crippen molar-refractivity contribution >= 4 is 40.5 Å². The number of rotatable bonds is 4. The van der Waals surface area contributed by atoms with E-state index in [0.29, 0.717) is 21.4 Å². The van der Waals surface area contributed by atoms with Crippen LogP contribution in [0.1, 0.15) is 23.2 Å². The van der Waals surface area contributed by atoms with E-state index in [-0.39, 0.29) is 5.91 Å². The van der Waals surface area contributed by atoms with Crippen molar-refractivity contribution < 1.29 is 9.53 Å². The molecule has 0 saturated carbocycles. The molecule has 0 spiro atoms. The highest BCUT2D eigenvalue weighted by Crippen LogP contribution is 2.34. The molecule has 2 aromatic carbocycles. The van der Waals surface area contributed by atoms with E-state index in [4.69, 9.17) is 27.9 Å². The third-order valence-electron chi connectivity index (χ3n) is 4.06. The molecule has 6 heteroatoms. The average Bonchev–Trinajstić information content (AvgIpc) is 3.09. The largest absolute Gasteiger partial charge is 0.494 e. The minimum Gasteiger partial charge on any atom is -0.494 e. The Balaban J connectivity index is 1.85. The summed E-state index contributed by atoms with van der Waals surface area (Å²) in [5.41, 5.74) is 2.21. The molecule has 0 bridgehead atoms. The zero-order valence-electron chi connectivity index (χ0n) is 13.3. The molecule has 1 N–H and O–H groups in total. The number of halogens is 2. The molecule has 1 saturated heterocycles. The van der Waals surface area contributed by atoms with Crippen LogP contribution < -0.4 is 15.0 Å². The van der Waals surface area contributed by atoms with Gasteiger partial charge in [-0.05, 0) is 37.1 Å². The lowest BCUT2D eigenvalue weighted by atomic mass is 10.2. The predicted molar refractivity (Wildman–Crippen MR) is 98.9 cm³/mol. The summed E-state index contributed by atoms with van der Waals surface area (Å²) < 4.78 is 5.11. The third kappa shape index (κ3) is 3.45. The van der Waals surface area contributed by atoms with Gasteiger partial charge in [-0.1, -0.05) is 35.3 Å². The van der Waals surface area contributed by atoms with Crippen LogP contribution in [0.25, 0.3) is 0 Å². The summed E-state index contributed by atoms with van der Waals surface area (Å²) in [6, 6.07) is 10.9. The second-order valence-electron chi connectivity index (χ2n) is 5.64. The maximum Gasteiger partial charge on any atom is 0.255 e. The zero-order valence-corrected chi connectivity index (χ0v) is 14.8. The Labute approximate surface area is 151 Å². The molecule has 0 aromatic heterocycles. The lowest BCUT2D eigenvalue weighted by Gasteiger charge is -2.21. The third-order valence-corrected chi connectivity index (χ3v) is 4.63. The fourth-order valence-electron chi connectivity index (χ4n) is 2.89. The Morgan fingerprint density at radius 3 is 2.38 bits per heavy atom. The molecule has 24 heavy (non-hydrogen) atoms. The van der Waals surface area contributed by atoms with Crippen molar-refractivity contribution in [3.8, 4) is 5.75 Å². The van der Waals surface area contributed by atoms with E-state index in [1.807, 2.05) is 24.3 Å². The number of para-hydroxylation sites is 2. The number of ether oxygens (including phenoxy) is 1. The number of benzene rings is 2. The van der Waals surface area contributed by atoms with Crippen molar-refractivity contribution in [1.29, 1.82) is 0 Å².